The molecule has 27 heavy (non-hydrogen) atoms. The van der Waals surface area contributed by atoms with Crippen LogP contribution in [-0.2, 0) is 13.1 Å². The van der Waals surface area contributed by atoms with Crippen LogP contribution in [0, 0.1) is 0 Å². The van der Waals surface area contributed by atoms with Crippen molar-refractivity contribution in [1.82, 2.24) is 0 Å². The fourth-order valence-corrected chi connectivity index (χ4v) is 3.52. The third-order valence-corrected chi connectivity index (χ3v) is 4.88. The summed E-state index contributed by atoms with van der Waals surface area (Å²) in [4.78, 5) is 2.32. The highest BCUT2D eigenvalue weighted by Crippen LogP contribution is 2.33. The van der Waals surface area contributed by atoms with Gasteiger partial charge in [0.15, 0.2) is 0 Å². The number of hydrogen-bond donors (Lipinski definition) is 1. The van der Waals surface area contributed by atoms with Crippen molar-refractivity contribution in [2.75, 3.05) is 17.3 Å². The van der Waals surface area contributed by atoms with Gasteiger partial charge in [0.25, 0.3) is 0 Å². The minimum atomic E-state index is 0.816. The molecule has 1 N–H and O–H groups in total. The van der Waals surface area contributed by atoms with Crippen LogP contribution in [0.4, 0.5) is 11.4 Å². The monoisotopic (exact) mass is 352 g/mol. The summed E-state index contributed by atoms with van der Waals surface area (Å²) in [6.07, 6.45) is 0. The van der Waals surface area contributed by atoms with E-state index in [1.807, 2.05) is 0 Å². The smallest absolute Gasteiger partial charge is 0.0467 e. The molecule has 0 aliphatic heterocycles. The second-order valence-corrected chi connectivity index (χ2v) is 6.86. The summed E-state index contributed by atoms with van der Waals surface area (Å²) in [5.41, 5.74) is 5.01. The molecule has 0 unspecified atom stereocenters. The number of fused-ring (bicyclic) bond motifs is 1. The summed E-state index contributed by atoms with van der Waals surface area (Å²) in [6.45, 7) is 1.70. The summed E-state index contributed by atoms with van der Waals surface area (Å²) >= 11 is 0. The quantitative estimate of drug-likeness (QED) is 0.452. The Morgan fingerprint density at radius 3 is 2.00 bits per heavy atom. The normalized spacial score (nSPS) is 10.7. The van der Waals surface area contributed by atoms with Crippen LogP contribution in [0.2, 0.25) is 0 Å². The fourth-order valence-electron chi connectivity index (χ4n) is 3.52. The summed E-state index contributed by atoms with van der Waals surface area (Å²) in [5, 5.41) is 6.16. The first kappa shape index (κ1) is 17.2. The number of rotatable bonds is 6. The molecule has 0 bridgehead atoms. The summed E-state index contributed by atoms with van der Waals surface area (Å²) in [5.74, 6) is 0. The van der Waals surface area contributed by atoms with Gasteiger partial charge < -0.3 is 10.2 Å². The van der Waals surface area contributed by atoms with Gasteiger partial charge in [-0.25, -0.2) is 0 Å². The Bertz CT molecular complexity index is 1000. The van der Waals surface area contributed by atoms with Crippen LogP contribution in [-0.4, -0.2) is 7.05 Å². The average molecular weight is 352 g/mol. The highest BCUT2D eigenvalue weighted by Gasteiger charge is 2.10. The molecule has 0 aromatic heterocycles. The van der Waals surface area contributed by atoms with Gasteiger partial charge in [0.2, 0.25) is 0 Å². The Labute approximate surface area is 161 Å². The molecule has 134 valence electrons. The summed E-state index contributed by atoms with van der Waals surface area (Å²) in [7, 11) is 2.16. The van der Waals surface area contributed by atoms with Crippen LogP contribution in [0.3, 0.4) is 0 Å². The molecule has 0 fully saturated rings. The lowest BCUT2D eigenvalue weighted by molar-refractivity contribution is 0.928. The molecule has 0 atom stereocenters. The molecule has 0 spiro atoms. The van der Waals surface area contributed by atoms with E-state index in [-0.39, 0.29) is 0 Å². The standard InChI is InChI=1S/C25H24N2/c1-27(19-21-12-6-3-7-13-21)24-17-9-15-22-14-8-16-23(25(22)24)26-18-20-10-4-2-5-11-20/h2-17,26H,18-19H2,1H3. The lowest BCUT2D eigenvalue weighted by Crippen LogP contribution is -2.17. The maximum Gasteiger partial charge on any atom is 0.0467 e. The second kappa shape index (κ2) is 7.96. The Balaban J connectivity index is 1.66. The number of nitrogens with zero attached hydrogens (tertiary/aromatic N) is 1. The topological polar surface area (TPSA) is 15.3 Å². The molecule has 4 aromatic rings. The van der Waals surface area contributed by atoms with Crippen molar-refractivity contribution in [3.8, 4) is 0 Å². The maximum absolute atomic E-state index is 3.64. The van der Waals surface area contributed by atoms with Crippen LogP contribution in [0.5, 0.6) is 0 Å². The lowest BCUT2D eigenvalue weighted by atomic mass is 10.0. The zero-order valence-corrected chi connectivity index (χ0v) is 15.6. The van der Waals surface area contributed by atoms with E-state index >= 15 is 0 Å². The van der Waals surface area contributed by atoms with Crippen LogP contribution in [0.15, 0.2) is 97.1 Å². The Morgan fingerprint density at radius 2 is 1.30 bits per heavy atom. The van der Waals surface area contributed by atoms with Crippen molar-refractivity contribution in [3.05, 3.63) is 108 Å². The van der Waals surface area contributed by atoms with E-state index in [4.69, 9.17) is 0 Å². The third kappa shape index (κ3) is 3.95. The summed E-state index contributed by atoms with van der Waals surface area (Å²) < 4.78 is 0. The summed E-state index contributed by atoms with van der Waals surface area (Å²) in [6, 6.07) is 34.1. The SMILES string of the molecule is CN(Cc1ccccc1)c1cccc2cccc(NCc3ccccc3)c12. The van der Waals surface area contributed by atoms with Crippen molar-refractivity contribution >= 4 is 22.1 Å². The van der Waals surface area contributed by atoms with E-state index in [2.05, 4.69) is 114 Å². The van der Waals surface area contributed by atoms with Crippen LogP contribution >= 0.6 is 0 Å². The first-order chi connectivity index (χ1) is 13.3. The minimum Gasteiger partial charge on any atom is -0.380 e. The zero-order valence-electron chi connectivity index (χ0n) is 15.6. The lowest BCUT2D eigenvalue weighted by Gasteiger charge is -2.23. The third-order valence-electron chi connectivity index (χ3n) is 4.88. The van der Waals surface area contributed by atoms with Gasteiger partial charge in [-0.2, -0.15) is 0 Å². The van der Waals surface area contributed by atoms with Crippen molar-refractivity contribution < 1.29 is 0 Å². The zero-order chi connectivity index (χ0) is 18.5. The highest BCUT2D eigenvalue weighted by atomic mass is 15.1. The van der Waals surface area contributed by atoms with Gasteiger partial charge in [-0.05, 0) is 28.6 Å². The largest absolute Gasteiger partial charge is 0.380 e. The molecule has 0 aliphatic carbocycles. The fraction of sp³-hybridized carbons (Fsp3) is 0.120. The Morgan fingerprint density at radius 1 is 0.667 bits per heavy atom. The van der Waals surface area contributed by atoms with Gasteiger partial charge in [-0.15, -0.1) is 0 Å². The van der Waals surface area contributed by atoms with Crippen LogP contribution < -0.4 is 10.2 Å². The molecular formula is C25H24N2. The first-order valence-electron chi connectivity index (χ1n) is 9.36. The molecule has 0 saturated carbocycles. The van der Waals surface area contributed by atoms with E-state index in [0.717, 1.165) is 13.1 Å². The van der Waals surface area contributed by atoms with Gasteiger partial charge in [0, 0.05) is 36.9 Å². The molecule has 4 aromatic carbocycles. The molecule has 0 radical (unpaired) electrons. The molecule has 0 heterocycles. The number of hydrogen-bond acceptors (Lipinski definition) is 2. The van der Waals surface area contributed by atoms with E-state index in [1.165, 1.54) is 33.3 Å². The molecule has 4 rings (SSSR count). The van der Waals surface area contributed by atoms with Gasteiger partial charge in [-0.1, -0.05) is 84.9 Å². The molecule has 0 amide bonds. The van der Waals surface area contributed by atoms with E-state index in [1.54, 1.807) is 0 Å². The van der Waals surface area contributed by atoms with Gasteiger partial charge in [-0.3, -0.25) is 0 Å². The van der Waals surface area contributed by atoms with E-state index in [9.17, 15) is 0 Å². The van der Waals surface area contributed by atoms with Crippen molar-refractivity contribution in [2.45, 2.75) is 13.1 Å². The van der Waals surface area contributed by atoms with Crippen LogP contribution in [0.1, 0.15) is 11.1 Å². The van der Waals surface area contributed by atoms with Crippen molar-refractivity contribution in [1.29, 1.82) is 0 Å². The van der Waals surface area contributed by atoms with E-state index in [0.29, 0.717) is 0 Å². The van der Waals surface area contributed by atoms with Gasteiger partial charge >= 0.3 is 0 Å². The second-order valence-electron chi connectivity index (χ2n) is 6.86. The Kier molecular flexibility index (Phi) is 5.06. The average Bonchev–Trinajstić information content (AvgIpc) is 2.73. The number of benzene rings is 4. The Hall–Kier alpha value is -3.26. The molecular weight excluding hydrogens is 328 g/mol. The molecule has 0 aliphatic rings. The first-order valence-corrected chi connectivity index (χ1v) is 9.36. The maximum atomic E-state index is 3.64. The van der Waals surface area contributed by atoms with Crippen molar-refractivity contribution in [3.63, 3.8) is 0 Å². The van der Waals surface area contributed by atoms with Crippen molar-refractivity contribution in [2.24, 2.45) is 0 Å². The van der Waals surface area contributed by atoms with E-state index < -0.39 is 0 Å². The van der Waals surface area contributed by atoms with Gasteiger partial charge in [0.05, 0.1) is 0 Å². The molecule has 2 heteroatoms. The molecule has 2 nitrogen and oxygen atoms in total. The van der Waals surface area contributed by atoms with Crippen LogP contribution in [0.25, 0.3) is 10.8 Å². The molecule has 0 saturated heterocycles. The highest BCUT2D eigenvalue weighted by molar-refractivity contribution is 6.03. The number of nitrogens with one attached hydrogen (secondary N) is 1. The van der Waals surface area contributed by atoms with Gasteiger partial charge in [0.1, 0.15) is 0 Å². The minimum absolute atomic E-state index is 0.816. The predicted molar refractivity (Wildman–Crippen MR) is 116 cm³/mol. The number of anilines is 2. The predicted octanol–water partition coefficient (Wildman–Crippen LogP) is 6.09.